The van der Waals surface area contributed by atoms with Crippen molar-refractivity contribution in [3.8, 4) is 0 Å². The Hall–Kier alpha value is -2.47. The number of carbonyl (C=O) groups is 2. The van der Waals surface area contributed by atoms with Crippen molar-refractivity contribution < 1.29 is 18.4 Å². The lowest BCUT2D eigenvalue weighted by Crippen LogP contribution is -2.49. The van der Waals surface area contributed by atoms with E-state index in [4.69, 9.17) is 4.42 Å². The fourth-order valence-corrected chi connectivity index (χ4v) is 2.93. The van der Waals surface area contributed by atoms with E-state index in [0.717, 1.165) is 5.76 Å². The molecule has 132 valence electrons. The molecular weight excluding hydrogens is 323 g/mol. The van der Waals surface area contributed by atoms with Crippen molar-refractivity contribution in [1.82, 2.24) is 9.80 Å². The summed E-state index contributed by atoms with van der Waals surface area (Å²) >= 11 is 0. The number of piperazine rings is 1. The molecule has 0 N–H and O–H groups in total. The predicted molar refractivity (Wildman–Crippen MR) is 90.8 cm³/mol. The van der Waals surface area contributed by atoms with Gasteiger partial charge in [-0.25, -0.2) is 4.39 Å². The largest absolute Gasteiger partial charge is 0.469 e. The van der Waals surface area contributed by atoms with E-state index in [1.165, 1.54) is 24.3 Å². The zero-order chi connectivity index (χ0) is 17.6. The van der Waals surface area contributed by atoms with E-state index >= 15 is 0 Å². The Kier molecular flexibility index (Phi) is 5.60. The van der Waals surface area contributed by atoms with Crippen LogP contribution in [0.25, 0.3) is 0 Å². The number of aryl methyl sites for hydroxylation is 1. The lowest BCUT2D eigenvalue weighted by molar-refractivity contribution is -0.132. The summed E-state index contributed by atoms with van der Waals surface area (Å²) in [6.07, 6.45) is 2.65. The molecular formula is C19H21FN2O3. The summed E-state index contributed by atoms with van der Waals surface area (Å²) in [5.41, 5.74) is 0.512. The number of rotatable bonds is 6. The topological polar surface area (TPSA) is 53.8 Å². The standard InChI is InChI=1S/C19H21FN2O3/c20-16-5-3-15(4-6-16)18(23)14-21-9-11-22(12-10-21)19(24)8-7-17-2-1-13-25-17/h1-6,13H,7-12,14H2. The smallest absolute Gasteiger partial charge is 0.223 e. The molecule has 2 heterocycles. The van der Waals surface area contributed by atoms with Crippen LogP contribution in [-0.4, -0.2) is 54.2 Å². The summed E-state index contributed by atoms with van der Waals surface area (Å²) in [5.74, 6) is 0.550. The van der Waals surface area contributed by atoms with Crippen molar-refractivity contribution in [2.24, 2.45) is 0 Å². The van der Waals surface area contributed by atoms with Crippen LogP contribution in [0.5, 0.6) is 0 Å². The van der Waals surface area contributed by atoms with Gasteiger partial charge in [-0.1, -0.05) is 0 Å². The molecule has 0 saturated carbocycles. The summed E-state index contributed by atoms with van der Waals surface area (Å²) in [6, 6.07) is 9.28. The minimum Gasteiger partial charge on any atom is -0.469 e. The Morgan fingerprint density at radius 2 is 1.76 bits per heavy atom. The number of furan rings is 1. The maximum absolute atomic E-state index is 12.9. The van der Waals surface area contributed by atoms with Crippen LogP contribution >= 0.6 is 0 Å². The van der Waals surface area contributed by atoms with Crippen LogP contribution in [0.3, 0.4) is 0 Å². The third-order valence-electron chi connectivity index (χ3n) is 4.42. The molecule has 0 bridgehead atoms. The fraction of sp³-hybridized carbons (Fsp3) is 0.368. The molecule has 1 fully saturated rings. The van der Waals surface area contributed by atoms with E-state index in [0.29, 0.717) is 51.1 Å². The van der Waals surface area contributed by atoms with Crippen LogP contribution in [0, 0.1) is 5.82 Å². The van der Waals surface area contributed by atoms with E-state index in [9.17, 15) is 14.0 Å². The molecule has 1 saturated heterocycles. The van der Waals surface area contributed by atoms with E-state index in [2.05, 4.69) is 0 Å². The second kappa shape index (κ2) is 8.07. The van der Waals surface area contributed by atoms with E-state index in [-0.39, 0.29) is 17.5 Å². The van der Waals surface area contributed by atoms with E-state index in [1.54, 1.807) is 6.26 Å². The quantitative estimate of drug-likeness (QED) is 0.755. The third kappa shape index (κ3) is 4.76. The molecule has 1 amide bonds. The molecule has 1 aliphatic rings. The molecule has 1 aromatic carbocycles. The lowest BCUT2D eigenvalue weighted by atomic mass is 10.1. The summed E-state index contributed by atoms with van der Waals surface area (Å²) in [7, 11) is 0. The van der Waals surface area contributed by atoms with Crippen LogP contribution in [-0.2, 0) is 11.2 Å². The summed E-state index contributed by atoms with van der Waals surface area (Å²) in [5, 5.41) is 0. The van der Waals surface area contributed by atoms with Gasteiger partial charge >= 0.3 is 0 Å². The zero-order valence-electron chi connectivity index (χ0n) is 14.0. The third-order valence-corrected chi connectivity index (χ3v) is 4.42. The van der Waals surface area contributed by atoms with Gasteiger partial charge in [-0.2, -0.15) is 0 Å². The number of halogens is 1. The van der Waals surface area contributed by atoms with Crippen molar-refractivity contribution in [3.63, 3.8) is 0 Å². The molecule has 0 aliphatic carbocycles. The lowest BCUT2D eigenvalue weighted by Gasteiger charge is -2.34. The highest BCUT2D eigenvalue weighted by molar-refractivity contribution is 5.97. The van der Waals surface area contributed by atoms with Crippen LogP contribution < -0.4 is 0 Å². The number of amides is 1. The number of hydrogen-bond acceptors (Lipinski definition) is 4. The minimum atomic E-state index is -0.349. The van der Waals surface area contributed by atoms with Crippen LogP contribution in [0.15, 0.2) is 47.1 Å². The molecule has 25 heavy (non-hydrogen) atoms. The molecule has 5 nitrogen and oxygen atoms in total. The monoisotopic (exact) mass is 344 g/mol. The van der Waals surface area contributed by atoms with Gasteiger partial charge in [-0.3, -0.25) is 14.5 Å². The Balaban J connectivity index is 1.42. The van der Waals surface area contributed by atoms with Crippen molar-refractivity contribution >= 4 is 11.7 Å². The second-order valence-electron chi connectivity index (χ2n) is 6.17. The SMILES string of the molecule is O=C(CN1CCN(C(=O)CCc2ccco2)CC1)c1ccc(F)cc1. The molecule has 0 atom stereocenters. The molecule has 1 aromatic heterocycles. The Morgan fingerprint density at radius 1 is 1.04 bits per heavy atom. The van der Waals surface area contributed by atoms with Crippen LogP contribution in [0.2, 0.25) is 0 Å². The maximum atomic E-state index is 12.9. The fourth-order valence-electron chi connectivity index (χ4n) is 2.93. The number of nitrogens with zero attached hydrogens (tertiary/aromatic N) is 2. The van der Waals surface area contributed by atoms with Crippen LogP contribution in [0.1, 0.15) is 22.5 Å². The number of benzene rings is 1. The summed E-state index contributed by atoms with van der Waals surface area (Å²) < 4.78 is 18.2. The highest BCUT2D eigenvalue weighted by Crippen LogP contribution is 2.10. The first kappa shape index (κ1) is 17.4. The zero-order valence-corrected chi connectivity index (χ0v) is 14.0. The first-order valence-corrected chi connectivity index (χ1v) is 8.43. The van der Waals surface area contributed by atoms with Gasteiger partial charge < -0.3 is 9.32 Å². The summed E-state index contributed by atoms with van der Waals surface area (Å²) in [6.45, 7) is 2.86. The number of ketones is 1. The van der Waals surface area contributed by atoms with Gasteiger partial charge in [-0.15, -0.1) is 0 Å². The molecule has 3 rings (SSSR count). The molecule has 0 unspecified atom stereocenters. The van der Waals surface area contributed by atoms with Gasteiger partial charge in [0.2, 0.25) is 5.91 Å². The molecule has 0 radical (unpaired) electrons. The van der Waals surface area contributed by atoms with Crippen molar-refractivity contribution in [2.45, 2.75) is 12.8 Å². The van der Waals surface area contributed by atoms with Gasteiger partial charge in [0.05, 0.1) is 12.8 Å². The molecule has 1 aliphatic heterocycles. The van der Waals surface area contributed by atoms with E-state index < -0.39 is 0 Å². The van der Waals surface area contributed by atoms with Gasteiger partial charge in [0.1, 0.15) is 11.6 Å². The molecule has 0 spiro atoms. The van der Waals surface area contributed by atoms with Crippen molar-refractivity contribution in [2.75, 3.05) is 32.7 Å². The highest BCUT2D eigenvalue weighted by atomic mass is 19.1. The van der Waals surface area contributed by atoms with Gasteiger partial charge in [-0.05, 0) is 36.4 Å². The molecule has 6 heteroatoms. The number of hydrogen-bond donors (Lipinski definition) is 0. The van der Waals surface area contributed by atoms with Gasteiger partial charge in [0, 0.05) is 44.6 Å². The first-order valence-electron chi connectivity index (χ1n) is 8.43. The Bertz CT molecular complexity index is 705. The highest BCUT2D eigenvalue weighted by Gasteiger charge is 2.22. The second-order valence-corrected chi connectivity index (χ2v) is 6.17. The summed E-state index contributed by atoms with van der Waals surface area (Å²) in [4.78, 5) is 28.3. The van der Waals surface area contributed by atoms with Crippen molar-refractivity contribution in [1.29, 1.82) is 0 Å². The Morgan fingerprint density at radius 3 is 2.40 bits per heavy atom. The van der Waals surface area contributed by atoms with Crippen LogP contribution in [0.4, 0.5) is 4.39 Å². The molecule has 2 aromatic rings. The average Bonchev–Trinajstić information content (AvgIpc) is 3.14. The first-order chi connectivity index (χ1) is 12.1. The number of carbonyl (C=O) groups excluding carboxylic acids is 2. The normalized spacial score (nSPS) is 15.3. The predicted octanol–water partition coefficient (Wildman–Crippen LogP) is 2.38. The van der Waals surface area contributed by atoms with Gasteiger partial charge in [0.25, 0.3) is 0 Å². The number of Topliss-reactive ketones (excluding diaryl/α,β-unsaturated/α-hetero) is 1. The van der Waals surface area contributed by atoms with Crippen molar-refractivity contribution in [3.05, 3.63) is 59.8 Å². The van der Waals surface area contributed by atoms with E-state index in [1.807, 2.05) is 21.9 Å². The Labute approximate surface area is 146 Å². The maximum Gasteiger partial charge on any atom is 0.223 e. The van der Waals surface area contributed by atoms with Gasteiger partial charge in [0.15, 0.2) is 5.78 Å². The average molecular weight is 344 g/mol. The minimum absolute atomic E-state index is 0.0300.